The molecule has 186 valence electrons. The Morgan fingerprint density at radius 2 is 1.77 bits per heavy atom. The smallest absolute Gasteiger partial charge is 0.274 e. The molecule has 2 aliphatic carbocycles. The average Bonchev–Trinajstić information content (AvgIpc) is 3.39. The normalized spacial score (nSPS) is 24.3. The zero-order valence-corrected chi connectivity index (χ0v) is 20.4. The highest BCUT2D eigenvalue weighted by Crippen LogP contribution is 2.57. The van der Waals surface area contributed by atoms with Gasteiger partial charge in [0.25, 0.3) is 5.91 Å². The number of hydrogen-bond acceptors (Lipinski definition) is 5. The second-order valence-electron chi connectivity index (χ2n) is 10.7. The molecule has 4 aliphatic rings. The first kappa shape index (κ1) is 22.6. The molecule has 3 fully saturated rings. The van der Waals surface area contributed by atoms with Gasteiger partial charge in [-0.1, -0.05) is 18.2 Å². The highest BCUT2D eigenvalue weighted by atomic mass is 16.5. The molecule has 1 saturated carbocycles. The Morgan fingerprint density at radius 3 is 2.51 bits per heavy atom. The summed E-state index contributed by atoms with van der Waals surface area (Å²) in [6.07, 6.45) is 4.69. The third-order valence-corrected chi connectivity index (χ3v) is 8.27. The predicted octanol–water partition coefficient (Wildman–Crippen LogP) is 2.52. The monoisotopic (exact) mass is 478 g/mol. The van der Waals surface area contributed by atoms with Crippen LogP contribution >= 0.6 is 0 Å². The van der Waals surface area contributed by atoms with E-state index in [9.17, 15) is 14.7 Å². The number of benzene rings is 1. The third-order valence-electron chi connectivity index (χ3n) is 8.27. The van der Waals surface area contributed by atoms with Crippen molar-refractivity contribution in [2.45, 2.75) is 70.1 Å². The van der Waals surface area contributed by atoms with Gasteiger partial charge in [0.15, 0.2) is 5.69 Å². The molecule has 0 spiro atoms. The number of carbonyl (C=O) groups is 2. The number of hydrogen-bond donors (Lipinski definition) is 1. The first-order valence-electron chi connectivity index (χ1n) is 13.0. The van der Waals surface area contributed by atoms with Crippen LogP contribution in [0.15, 0.2) is 24.3 Å². The molecule has 1 aromatic carbocycles. The summed E-state index contributed by atoms with van der Waals surface area (Å²) < 4.78 is 8.00. The first-order valence-corrected chi connectivity index (χ1v) is 13.0. The van der Waals surface area contributed by atoms with Crippen LogP contribution in [0.25, 0.3) is 0 Å². The maximum absolute atomic E-state index is 13.3. The first-order chi connectivity index (χ1) is 17.0. The van der Waals surface area contributed by atoms with Crippen molar-refractivity contribution in [2.24, 2.45) is 5.92 Å². The summed E-state index contributed by atoms with van der Waals surface area (Å²) in [4.78, 5) is 30.2. The van der Waals surface area contributed by atoms with Gasteiger partial charge in [-0.25, -0.2) is 0 Å². The van der Waals surface area contributed by atoms with Gasteiger partial charge in [0.05, 0.1) is 6.10 Å². The van der Waals surface area contributed by atoms with Crippen LogP contribution in [-0.4, -0.2) is 74.9 Å². The van der Waals surface area contributed by atoms with E-state index >= 15 is 0 Å². The molecular formula is C27H34N4O4. The number of aliphatic hydroxyl groups is 1. The molecular weight excluding hydrogens is 444 g/mol. The lowest BCUT2D eigenvalue weighted by molar-refractivity contribution is -0.133. The minimum absolute atomic E-state index is 0.0407. The summed E-state index contributed by atoms with van der Waals surface area (Å²) in [5.41, 5.74) is 3.84. The molecule has 0 radical (unpaired) electrons. The van der Waals surface area contributed by atoms with E-state index in [1.165, 1.54) is 0 Å². The van der Waals surface area contributed by atoms with Crippen molar-refractivity contribution in [3.63, 3.8) is 0 Å². The Labute approximate surface area is 205 Å². The average molecular weight is 479 g/mol. The molecule has 1 N–H and O–H groups in total. The number of aliphatic hydroxyl groups excluding tert-OH is 1. The van der Waals surface area contributed by atoms with Crippen LogP contribution in [0.1, 0.15) is 65.3 Å². The molecule has 2 saturated heterocycles. The summed E-state index contributed by atoms with van der Waals surface area (Å²) in [6, 6.07) is 8.05. The summed E-state index contributed by atoms with van der Waals surface area (Å²) in [5.74, 6) is 1.97. The van der Waals surface area contributed by atoms with E-state index in [4.69, 9.17) is 9.84 Å². The molecule has 6 rings (SSSR count). The molecule has 8 heteroatoms. The van der Waals surface area contributed by atoms with Gasteiger partial charge in [-0.3, -0.25) is 14.3 Å². The van der Waals surface area contributed by atoms with Gasteiger partial charge in [0.2, 0.25) is 5.91 Å². The summed E-state index contributed by atoms with van der Waals surface area (Å²) in [6.45, 7) is 4.71. The van der Waals surface area contributed by atoms with Crippen LogP contribution in [0.4, 0.5) is 0 Å². The highest BCUT2D eigenvalue weighted by molar-refractivity contribution is 5.95. The Hall–Kier alpha value is -2.87. The number of likely N-dealkylation sites (tertiary alicyclic amines) is 2. The van der Waals surface area contributed by atoms with E-state index in [0.29, 0.717) is 56.6 Å². The Kier molecular flexibility index (Phi) is 5.79. The van der Waals surface area contributed by atoms with Crippen molar-refractivity contribution in [1.29, 1.82) is 0 Å². The lowest BCUT2D eigenvalue weighted by Gasteiger charge is -2.32. The van der Waals surface area contributed by atoms with Gasteiger partial charge in [0, 0.05) is 50.3 Å². The number of rotatable bonds is 5. The van der Waals surface area contributed by atoms with Crippen molar-refractivity contribution in [2.75, 3.05) is 26.2 Å². The van der Waals surface area contributed by atoms with Crippen LogP contribution in [0.2, 0.25) is 0 Å². The number of aryl methyl sites for hydroxylation is 1. The van der Waals surface area contributed by atoms with Gasteiger partial charge in [-0.05, 0) is 56.1 Å². The minimum atomic E-state index is -0.320. The number of piperidine rings is 2. The fourth-order valence-corrected chi connectivity index (χ4v) is 6.02. The van der Waals surface area contributed by atoms with Gasteiger partial charge >= 0.3 is 0 Å². The highest BCUT2D eigenvalue weighted by Gasteiger charge is 2.50. The van der Waals surface area contributed by atoms with Gasteiger partial charge in [-0.15, -0.1) is 0 Å². The SMILES string of the molecule is Cc1ccccc1OC1CCN(C(=O)Cn2nc(C(=O)N3CCC(O)CC3)c3c2C[C@H]2C[C@@H]32)CC1. The van der Waals surface area contributed by atoms with Crippen LogP contribution in [-0.2, 0) is 17.8 Å². The number of aromatic nitrogens is 2. The quantitative estimate of drug-likeness (QED) is 0.714. The maximum atomic E-state index is 13.3. The number of ether oxygens (including phenoxy) is 1. The molecule has 2 aliphatic heterocycles. The molecule has 2 atom stereocenters. The zero-order chi connectivity index (χ0) is 24.1. The number of carbonyl (C=O) groups excluding carboxylic acids is 2. The summed E-state index contributed by atoms with van der Waals surface area (Å²) in [5, 5.41) is 14.5. The topological polar surface area (TPSA) is 87.9 Å². The summed E-state index contributed by atoms with van der Waals surface area (Å²) in [7, 11) is 0. The molecule has 1 aromatic heterocycles. The third kappa shape index (κ3) is 4.33. The van der Waals surface area contributed by atoms with Crippen LogP contribution in [0.3, 0.4) is 0 Å². The molecule has 3 heterocycles. The standard InChI is InChI=1S/C27H34N4O4/c1-17-4-2-3-5-23(17)35-20-8-12-29(13-9-20)24(33)16-31-22-15-18-14-21(18)25(22)26(28-31)27(34)30-10-6-19(32)7-11-30/h2-5,18-21,32H,6-16H2,1H3/t18-,21-/m1/s1. The van der Waals surface area contributed by atoms with Crippen molar-refractivity contribution in [3.8, 4) is 5.75 Å². The van der Waals surface area contributed by atoms with Crippen LogP contribution < -0.4 is 4.74 Å². The Balaban J connectivity index is 1.11. The fraction of sp³-hybridized carbons (Fsp3) is 0.593. The van der Waals surface area contributed by atoms with E-state index in [2.05, 4.69) is 0 Å². The van der Waals surface area contributed by atoms with E-state index in [-0.39, 0.29) is 30.6 Å². The Bertz CT molecular complexity index is 1130. The van der Waals surface area contributed by atoms with E-state index in [0.717, 1.165) is 48.3 Å². The van der Waals surface area contributed by atoms with Gasteiger partial charge in [0.1, 0.15) is 18.4 Å². The van der Waals surface area contributed by atoms with Crippen LogP contribution in [0, 0.1) is 12.8 Å². The number of amides is 2. The van der Waals surface area contributed by atoms with Gasteiger partial charge in [-0.2, -0.15) is 5.10 Å². The van der Waals surface area contributed by atoms with E-state index in [1.807, 2.05) is 45.7 Å². The van der Waals surface area contributed by atoms with E-state index in [1.54, 1.807) is 0 Å². The van der Waals surface area contributed by atoms with Crippen molar-refractivity contribution >= 4 is 11.8 Å². The Morgan fingerprint density at radius 1 is 1.06 bits per heavy atom. The summed E-state index contributed by atoms with van der Waals surface area (Å²) >= 11 is 0. The number of fused-ring (bicyclic) bond motifs is 3. The maximum Gasteiger partial charge on any atom is 0.274 e. The molecule has 0 unspecified atom stereocenters. The second kappa shape index (κ2) is 8.97. The second-order valence-corrected chi connectivity index (χ2v) is 10.7. The molecule has 35 heavy (non-hydrogen) atoms. The lowest BCUT2D eigenvalue weighted by atomic mass is 10.1. The molecule has 2 amide bonds. The molecule has 8 nitrogen and oxygen atoms in total. The number of nitrogens with zero attached hydrogens (tertiary/aromatic N) is 4. The van der Waals surface area contributed by atoms with Gasteiger partial charge < -0.3 is 19.6 Å². The fourth-order valence-electron chi connectivity index (χ4n) is 6.02. The number of para-hydroxylation sites is 1. The van der Waals surface area contributed by atoms with Crippen molar-refractivity contribution in [1.82, 2.24) is 19.6 Å². The molecule has 2 aromatic rings. The van der Waals surface area contributed by atoms with Crippen molar-refractivity contribution < 1.29 is 19.4 Å². The lowest BCUT2D eigenvalue weighted by Crippen LogP contribution is -2.43. The largest absolute Gasteiger partial charge is 0.490 e. The molecule has 0 bridgehead atoms. The predicted molar refractivity (Wildman–Crippen MR) is 129 cm³/mol. The van der Waals surface area contributed by atoms with Crippen molar-refractivity contribution in [3.05, 3.63) is 46.8 Å². The zero-order valence-electron chi connectivity index (χ0n) is 20.4. The van der Waals surface area contributed by atoms with Crippen LogP contribution in [0.5, 0.6) is 5.75 Å². The van der Waals surface area contributed by atoms with E-state index < -0.39 is 0 Å². The minimum Gasteiger partial charge on any atom is -0.490 e.